The number of nitrogens with zero attached hydrogens (tertiary/aromatic N) is 2. The van der Waals surface area contributed by atoms with Gasteiger partial charge in [0.2, 0.25) is 11.8 Å². The lowest BCUT2D eigenvalue weighted by Crippen LogP contribution is -2.57. The first-order valence-corrected chi connectivity index (χ1v) is 21.7. The highest BCUT2D eigenvalue weighted by Gasteiger charge is 2.55. The molecule has 2 aliphatic carbocycles. The van der Waals surface area contributed by atoms with Crippen LogP contribution in [0.3, 0.4) is 0 Å². The van der Waals surface area contributed by atoms with Crippen LogP contribution in [0.1, 0.15) is 111 Å². The number of likely N-dealkylation sites (tertiary alicyclic amines) is 2. The zero-order valence-electron chi connectivity index (χ0n) is 33.9. The molecule has 2 amide bonds. The Morgan fingerprint density at radius 2 is 1.08 bits per heavy atom. The fraction of sp³-hybridized carbons (Fsp3) is 0.553. The van der Waals surface area contributed by atoms with Crippen LogP contribution in [0.2, 0.25) is 0 Å². The van der Waals surface area contributed by atoms with Gasteiger partial charge < -0.3 is 15.7 Å². The highest BCUT2D eigenvalue weighted by Crippen LogP contribution is 2.51. The quantitative estimate of drug-likeness (QED) is 0.229. The fourth-order valence-electron chi connectivity index (χ4n) is 11.6. The maximum absolute atomic E-state index is 13.5. The molecule has 13 heteroatoms. The third kappa shape index (κ3) is 8.01. The Morgan fingerprint density at radius 3 is 1.57 bits per heavy atom. The highest BCUT2D eigenvalue weighted by atomic mass is 19.4. The number of carbonyl (C=O) groups is 3. The zero-order valence-corrected chi connectivity index (χ0v) is 33.9. The normalized spacial score (nSPS) is 29.5. The van der Waals surface area contributed by atoms with Crippen LogP contribution in [0.15, 0.2) is 72.8 Å². The lowest BCUT2D eigenvalue weighted by molar-refractivity contribution is -0.138. The Hall–Kier alpha value is -4.20. The van der Waals surface area contributed by atoms with E-state index in [2.05, 4.69) is 20.4 Å². The Balaban J connectivity index is 0.000000176. The molecule has 0 bridgehead atoms. The minimum atomic E-state index is -4.42. The number of rotatable bonds is 5. The highest BCUT2D eigenvalue weighted by molar-refractivity contribution is 5.88. The average Bonchev–Trinajstić information content (AvgIpc) is 3.73. The predicted molar refractivity (Wildman–Crippen MR) is 216 cm³/mol. The summed E-state index contributed by atoms with van der Waals surface area (Å²) in [6.07, 6.45) is 5.12. The topological polar surface area (TPSA) is 102 Å². The van der Waals surface area contributed by atoms with Gasteiger partial charge in [-0.25, -0.2) is 8.78 Å². The lowest BCUT2D eigenvalue weighted by Gasteiger charge is -2.50. The monoisotopic (exact) mass is 834 g/mol. The van der Waals surface area contributed by atoms with Crippen molar-refractivity contribution < 1.29 is 41.4 Å². The van der Waals surface area contributed by atoms with Gasteiger partial charge in [-0.15, -0.1) is 0 Å². The van der Waals surface area contributed by atoms with Gasteiger partial charge in [-0.3, -0.25) is 24.2 Å². The van der Waals surface area contributed by atoms with Crippen LogP contribution in [0.25, 0.3) is 0 Å². The van der Waals surface area contributed by atoms with E-state index in [9.17, 15) is 41.4 Å². The molecule has 3 aromatic carbocycles. The number of halogens is 5. The molecule has 5 atom stereocenters. The van der Waals surface area contributed by atoms with Crippen LogP contribution >= 0.6 is 0 Å². The molecule has 60 heavy (non-hydrogen) atoms. The molecule has 8 nitrogen and oxygen atoms in total. The standard InChI is InChI=1S/C27H30F4N2O2.C20H25FN2O2/c28-21-10-4-18(5-11-21)22-17-32-24(34)25(22)13-15-33(16-14-25)23-3-1-2-12-26(23,35)19-6-8-20(9-7-19)27(29,30)31;21-15-7-5-14(6-8-15)16-13-22-19(25)20(16)9-11-23(12-10-20)17-3-1-2-4-18(17)24/h4-11,22-23,35H,1-3,12-17H2,(H,32,34);5-8,16-17H,1-4,9-13H2,(H,22,25). The molecule has 2 spiro atoms. The van der Waals surface area contributed by atoms with Gasteiger partial charge >= 0.3 is 6.18 Å². The summed E-state index contributed by atoms with van der Waals surface area (Å²) >= 11 is 0. The number of hydrogen-bond acceptors (Lipinski definition) is 6. The van der Waals surface area contributed by atoms with Crippen molar-refractivity contribution in [1.29, 1.82) is 0 Å². The van der Waals surface area contributed by atoms with Gasteiger partial charge in [-0.1, -0.05) is 55.7 Å². The van der Waals surface area contributed by atoms with Crippen molar-refractivity contribution in [1.82, 2.24) is 20.4 Å². The Morgan fingerprint density at radius 1 is 0.600 bits per heavy atom. The van der Waals surface area contributed by atoms with Gasteiger partial charge in [0.25, 0.3) is 0 Å². The number of hydrogen-bond donors (Lipinski definition) is 3. The van der Waals surface area contributed by atoms with Crippen molar-refractivity contribution in [3.63, 3.8) is 0 Å². The maximum atomic E-state index is 13.5. The molecule has 5 unspecified atom stereocenters. The number of piperidine rings is 2. The van der Waals surface area contributed by atoms with Gasteiger partial charge in [0, 0.05) is 37.4 Å². The maximum Gasteiger partial charge on any atom is 0.416 e. The molecular weight excluding hydrogens is 780 g/mol. The van der Waals surface area contributed by atoms with Crippen LogP contribution in [-0.4, -0.2) is 83.9 Å². The summed E-state index contributed by atoms with van der Waals surface area (Å²) in [5, 5.41) is 17.8. The Kier molecular flexibility index (Phi) is 12.0. The van der Waals surface area contributed by atoms with Gasteiger partial charge in [-0.2, -0.15) is 13.2 Å². The molecule has 322 valence electrons. The molecule has 0 aromatic heterocycles. The minimum Gasteiger partial charge on any atom is -0.384 e. The molecule has 6 fully saturated rings. The number of carbonyl (C=O) groups excluding carboxylic acids is 3. The first-order valence-electron chi connectivity index (χ1n) is 21.7. The largest absolute Gasteiger partial charge is 0.416 e. The predicted octanol–water partition coefficient (Wildman–Crippen LogP) is 7.60. The van der Waals surface area contributed by atoms with E-state index in [0.29, 0.717) is 63.2 Å². The van der Waals surface area contributed by atoms with Crippen LogP contribution in [0, 0.1) is 22.5 Å². The van der Waals surface area contributed by atoms with Gasteiger partial charge in [0.15, 0.2) is 0 Å². The molecular formula is C47H55F5N4O4. The SMILES string of the molecule is O=C1CCCCC1N1CCC2(CC1)C(=O)NCC2c1ccc(F)cc1.O=C1NCC(c2ccc(F)cc2)C12CCN(C1CCCCC1(O)c1ccc(C(F)(F)F)cc1)CC2. The van der Waals surface area contributed by atoms with E-state index in [1.54, 1.807) is 24.3 Å². The van der Waals surface area contributed by atoms with E-state index in [-0.39, 0.29) is 47.4 Å². The fourth-order valence-corrected chi connectivity index (χ4v) is 11.6. The lowest BCUT2D eigenvalue weighted by atomic mass is 9.66. The third-order valence-corrected chi connectivity index (χ3v) is 15.1. The average molecular weight is 835 g/mol. The molecule has 3 aromatic rings. The molecule has 2 saturated carbocycles. The minimum absolute atomic E-state index is 0.0214. The molecule has 6 aliphatic rings. The van der Waals surface area contributed by atoms with Crippen molar-refractivity contribution in [2.75, 3.05) is 39.3 Å². The van der Waals surface area contributed by atoms with Crippen molar-refractivity contribution >= 4 is 17.6 Å². The van der Waals surface area contributed by atoms with E-state index < -0.39 is 28.2 Å². The smallest absolute Gasteiger partial charge is 0.384 e. The van der Waals surface area contributed by atoms with E-state index in [0.717, 1.165) is 87.7 Å². The van der Waals surface area contributed by atoms with Gasteiger partial charge in [-0.05, 0) is 131 Å². The summed E-state index contributed by atoms with van der Waals surface area (Å²) < 4.78 is 65.9. The number of alkyl halides is 3. The third-order valence-electron chi connectivity index (χ3n) is 15.1. The summed E-state index contributed by atoms with van der Waals surface area (Å²) in [6.45, 7) is 3.94. The van der Waals surface area contributed by atoms with E-state index in [4.69, 9.17) is 0 Å². The van der Waals surface area contributed by atoms with Crippen molar-refractivity contribution in [3.05, 3.63) is 107 Å². The molecule has 9 rings (SSSR count). The van der Waals surface area contributed by atoms with E-state index in [1.807, 2.05) is 0 Å². The summed E-state index contributed by atoms with van der Waals surface area (Å²) in [4.78, 5) is 42.4. The summed E-state index contributed by atoms with van der Waals surface area (Å²) in [6, 6.07) is 17.6. The number of nitrogens with one attached hydrogen (secondary N) is 2. The molecule has 3 N–H and O–H groups in total. The Bertz CT molecular complexity index is 2010. The number of ketones is 1. The van der Waals surface area contributed by atoms with Crippen molar-refractivity contribution in [2.24, 2.45) is 10.8 Å². The summed E-state index contributed by atoms with van der Waals surface area (Å²) in [5.74, 6) is -0.00380. The van der Waals surface area contributed by atoms with Gasteiger partial charge in [0.05, 0.1) is 22.4 Å². The van der Waals surface area contributed by atoms with E-state index in [1.165, 1.54) is 36.4 Å². The first kappa shape index (κ1) is 42.5. The van der Waals surface area contributed by atoms with E-state index >= 15 is 0 Å². The van der Waals surface area contributed by atoms with Crippen molar-refractivity contribution in [2.45, 2.75) is 113 Å². The van der Waals surface area contributed by atoms with Crippen LogP contribution in [0.5, 0.6) is 0 Å². The summed E-state index contributed by atoms with van der Waals surface area (Å²) in [7, 11) is 0. The van der Waals surface area contributed by atoms with Crippen LogP contribution in [-0.2, 0) is 26.2 Å². The molecule has 4 saturated heterocycles. The van der Waals surface area contributed by atoms with Crippen LogP contribution < -0.4 is 10.6 Å². The second-order valence-corrected chi connectivity index (χ2v) is 18.0. The van der Waals surface area contributed by atoms with Gasteiger partial charge in [0.1, 0.15) is 23.0 Å². The number of Topliss-reactive ketones (excluding diaryl/α,β-unsaturated/α-hetero) is 1. The molecule has 4 heterocycles. The van der Waals surface area contributed by atoms with Crippen molar-refractivity contribution in [3.8, 4) is 0 Å². The zero-order chi connectivity index (χ0) is 42.3. The Labute approximate surface area is 348 Å². The molecule has 0 radical (unpaired) electrons. The second kappa shape index (κ2) is 16.9. The summed E-state index contributed by atoms with van der Waals surface area (Å²) in [5.41, 5.74) is -0.462. The number of aliphatic hydroxyl groups is 1. The molecule has 4 aliphatic heterocycles. The van der Waals surface area contributed by atoms with Crippen LogP contribution in [0.4, 0.5) is 22.0 Å². The second-order valence-electron chi connectivity index (χ2n) is 18.0. The first-order chi connectivity index (χ1) is 28.7. The number of benzene rings is 3. The number of amides is 2.